The largest absolute Gasteiger partial charge is 0.506 e. The van der Waals surface area contributed by atoms with Crippen LogP contribution in [0.2, 0.25) is 0 Å². The Bertz CT molecular complexity index is 1360. The van der Waals surface area contributed by atoms with Gasteiger partial charge in [0.15, 0.2) is 0 Å². The van der Waals surface area contributed by atoms with Crippen LogP contribution in [-0.2, 0) is 14.8 Å². The molecule has 2 aromatic rings. The van der Waals surface area contributed by atoms with Gasteiger partial charge in [-0.3, -0.25) is 10.6 Å². The zero-order valence-electron chi connectivity index (χ0n) is 16.6. The summed E-state index contributed by atoms with van der Waals surface area (Å²) in [4.78, 5) is 14.3. The van der Waals surface area contributed by atoms with Crippen molar-refractivity contribution in [1.82, 2.24) is 4.83 Å². The van der Waals surface area contributed by atoms with Crippen molar-refractivity contribution in [3.05, 3.63) is 82.2 Å². The smallest absolute Gasteiger partial charge is 0.253 e. The fourth-order valence-electron chi connectivity index (χ4n) is 3.32. The maximum Gasteiger partial charge on any atom is 0.253 e. The number of carbonyl (C=O) groups is 1. The highest BCUT2D eigenvalue weighted by Gasteiger charge is 2.28. The first-order valence-electron chi connectivity index (χ1n) is 8.95. The van der Waals surface area contributed by atoms with Crippen molar-refractivity contribution in [2.75, 3.05) is 0 Å². The third-order valence-corrected chi connectivity index (χ3v) is 9.36. The molecule has 1 aliphatic rings. The molecule has 11 heteroatoms. The van der Waals surface area contributed by atoms with Crippen molar-refractivity contribution in [2.45, 2.75) is 18.7 Å². The summed E-state index contributed by atoms with van der Waals surface area (Å²) in [6, 6.07) is 8.13. The van der Waals surface area contributed by atoms with Crippen LogP contribution < -0.4 is 10.7 Å². The summed E-state index contributed by atoms with van der Waals surface area (Å²) in [6.07, 6.45) is 1.66. The van der Waals surface area contributed by atoms with Crippen LogP contribution in [0.1, 0.15) is 23.6 Å². The van der Waals surface area contributed by atoms with Gasteiger partial charge in [0.1, 0.15) is 5.75 Å². The molecule has 0 unspecified atom stereocenters. The molecule has 0 heterocycles. The Hall–Kier alpha value is -1.08. The zero-order valence-corrected chi connectivity index (χ0v) is 23.8. The number of allylic oxidation sites excluding steroid dienone is 5. The highest BCUT2D eigenvalue weighted by atomic mass is 79.9. The first kappa shape index (κ1) is 25.5. The van der Waals surface area contributed by atoms with E-state index in [1.807, 2.05) is 4.83 Å². The van der Waals surface area contributed by atoms with E-state index >= 15 is 0 Å². The molecule has 3 rings (SSSR count). The maximum absolute atomic E-state index is 12.8. The number of Topliss-reactive ketones (excluding diaryl/α,β-unsaturated/α-hetero) is 1. The molecule has 0 fully saturated rings. The van der Waals surface area contributed by atoms with Gasteiger partial charge in [-0.1, -0.05) is 18.2 Å². The second-order valence-electron chi connectivity index (χ2n) is 6.86. The molecule has 6 nitrogen and oxygen atoms in total. The lowest BCUT2D eigenvalue weighted by Gasteiger charge is -2.23. The van der Waals surface area contributed by atoms with Gasteiger partial charge in [0.25, 0.3) is 10.0 Å². The molecule has 0 spiro atoms. The number of nitrogens with two attached hydrogens (primary N) is 1. The quantitative estimate of drug-likeness (QED) is 0.278. The monoisotopic (exact) mass is 708 g/mol. The van der Waals surface area contributed by atoms with Crippen molar-refractivity contribution in [2.24, 2.45) is 5.84 Å². The summed E-state index contributed by atoms with van der Waals surface area (Å²) in [5.74, 6) is 5.12. The molecule has 0 saturated carbocycles. The Kier molecular flexibility index (Phi) is 7.70. The van der Waals surface area contributed by atoms with Gasteiger partial charge < -0.3 is 5.11 Å². The lowest BCUT2D eigenvalue weighted by molar-refractivity contribution is -0.111. The molecular formula is C21H16Br4N2O4S. The number of phenols is 1. The van der Waals surface area contributed by atoms with Gasteiger partial charge in [-0.15, -0.1) is 0 Å². The van der Waals surface area contributed by atoms with E-state index in [2.05, 4.69) is 63.7 Å². The topological polar surface area (TPSA) is 109 Å². The number of benzene rings is 2. The summed E-state index contributed by atoms with van der Waals surface area (Å²) in [5.41, 5.74) is 3.47. The van der Waals surface area contributed by atoms with Crippen LogP contribution in [0.25, 0.3) is 5.57 Å². The standard InChI is InChI=1S/C21H16Br4N2O4S/c1-9-12(7-14(22)20(28)18(9)24)17(13-8-15(23)21(29)19(25)10(13)2)11-5-3-4-6-16(11)32(30,31)27-26/h3-8,27-28H,26H2,1-2H3. The molecular weight excluding hydrogens is 696 g/mol. The number of hydrogen-bond donors (Lipinski definition) is 3. The predicted molar refractivity (Wildman–Crippen MR) is 139 cm³/mol. The highest BCUT2D eigenvalue weighted by Crippen LogP contribution is 2.45. The van der Waals surface area contributed by atoms with Crippen LogP contribution >= 0.6 is 63.7 Å². The van der Waals surface area contributed by atoms with E-state index in [1.54, 1.807) is 44.2 Å². The molecule has 0 aliphatic heterocycles. The van der Waals surface area contributed by atoms with Crippen LogP contribution in [0.3, 0.4) is 0 Å². The van der Waals surface area contributed by atoms with E-state index in [0.29, 0.717) is 51.3 Å². The third-order valence-electron chi connectivity index (χ3n) is 5.00. The second-order valence-corrected chi connectivity index (χ2v) is 11.8. The third kappa shape index (κ3) is 4.48. The van der Waals surface area contributed by atoms with Crippen molar-refractivity contribution in [3.63, 3.8) is 0 Å². The minimum Gasteiger partial charge on any atom is -0.506 e. The Morgan fingerprint density at radius 3 is 2.31 bits per heavy atom. The van der Waals surface area contributed by atoms with Crippen LogP contribution in [0.4, 0.5) is 0 Å². The van der Waals surface area contributed by atoms with Crippen molar-refractivity contribution < 1.29 is 18.3 Å². The van der Waals surface area contributed by atoms with Gasteiger partial charge in [0.2, 0.25) is 5.78 Å². The minimum atomic E-state index is -4.02. The number of ketones is 1. The second kappa shape index (κ2) is 9.65. The van der Waals surface area contributed by atoms with Crippen LogP contribution in [-0.4, -0.2) is 19.3 Å². The van der Waals surface area contributed by atoms with Crippen LogP contribution in [0.5, 0.6) is 5.75 Å². The molecule has 0 radical (unpaired) electrons. The minimum absolute atomic E-state index is 0.0177. The van der Waals surface area contributed by atoms with E-state index < -0.39 is 10.0 Å². The van der Waals surface area contributed by atoms with Crippen LogP contribution in [0.15, 0.2) is 70.4 Å². The average Bonchev–Trinajstić information content (AvgIpc) is 2.78. The Balaban J connectivity index is 2.59. The van der Waals surface area contributed by atoms with Crippen molar-refractivity contribution in [3.8, 4) is 5.75 Å². The van der Waals surface area contributed by atoms with Gasteiger partial charge in [-0.25, -0.2) is 8.42 Å². The Morgan fingerprint density at radius 2 is 1.69 bits per heavy atom. The first-order chi connectivity index (χ1) is 14.9. The molecule has 0 atom stereocenters. The van der Waals surface area contributed by atoms with Crippen molar-refractivity contribution >= 4 is 85.1 Å². The Labute approximate surface area is 219 Å². The van der Waals surface area contributed by atoms with Gasteiger partial charge in [0, 0.05) is 5.56 Å². The number of hydrazine groups is 1. The average molecular weight is 712 g/mol. The molecule has 0 bridgehead atoms. The van der Waals surface area contributed by atoms with E-state index in [9.17, 15) is 18.3 Å². The SMILES string of the molecule is CC1=C(Br)C(=O)C(Br)=CC1=C(c1ccccc1S(=O)(=O)NN)c1cc(Br)c(O)c(Br)c1C. The normalized spacial score (nSPS) is 16.3. The maximum atomic E-state index is 12.8. The molecule has 1 aliphatic carbocycles. The number of aromatic hydroxyl groups is 1. The zero-order chi connectivity index (χ0) is 24.0. The lowest BCUT2D eigenvalue weighted by atomic mass is 9.85. The number of nitrogens with one attached hydrogen (secondary N) is 1. The summed E-state index contributed by atoms with van der Waals surface area (Å²) in [6.45, 7) is 3.57. The lowest BCUT2D eigenvalue weighted by Crippen LogP contribution is -2.31. The summed E-state index contributed by atoms with van der Waals surface area (Å²) in [7, 11) is -4.02. The number of halogens is 4. The molecule has 0 aromatic heterocycles. The number of phenolic OH excluding ortho intramolecular Hbond substituents is 1. The fourth-order valence-corrected chi connectivity index (χ4v) is 6.41. The molecule has 168 valence electrons. The number of hydrogen-bond acceptors (Lipinski definition) is 5. The number of sulfonamides is 1. The summed E-state index contributed by atoms with van der Waals surface area (Å²) in [5, 5.41) is 10.4. The fraction of sp³-hybridized carbons (Fsp3) is 0.0952. The molecule has 0 amide bonds. The summed E-state index contributed by atoms with van der Waals surface area (Å²) >= 11 is 13.4. The van der Waals surface area contributed by atoms with Gasteiger partial charge in [-0.05, 0) is 124 Å². The molecule has 2 aromatic carbocycles. The van der Waals surface area contributed by atoms with E-state index in [-0.39, 0.29) is 16.4 Å². The van der Waals surface area contributed by atoms with Gasteiger partial charge in [-0.2, -0.15) is 4.83 Å². The predicted octanol–water partition coefficient (Wildman–Crippen LogP) is 5.71. The van der Waals surface area contributed by atoms with Crippen molar-refractivity contribution in [1.29, 1.82) is 0 Å². The molecule has 32 heavy (non-hydrogen) atoms. The number of carbonyl (C=O) groups excluding carboxylic acids is 1. The van der Waals surface area contributed by atoms with E-state index in [1.165, 1.54) is 6.07 Å². The van der Waals surface area contributed by atoms with E-state index in [0.717, 1.165) is 0 Å². The number of rotatable bonds is 4. The summed E-state index contributed by atoms with van der Waals surface area (Å²) < 4.78 is 27.0. The Morgan fingerprint density at radius 1 is 1.06 bits per heavy atom. The highest BCUT2D eigenvalue weighted by molar-refractivity contribution is 9.13. The van der Waals surface area contributed by atoms with Crippen LogP contribution in [0, 0.1) is 6.92 Å². The van der Waals surface area contributed by atoms with Gasteiger partial charge in [0.05, 0.1) is 22.8 Å². The van der Waals surface area contributed by atoms with Gasteiger partial charge >= 0.3 is 0 Å². The molecule has 4 N–H and O–H groups in total. The molecule has 0 saturated heterocycles. The van der Waals surface area contributed by atoms with E-state index in [4.69, 9.17) is 5.84 Å². The first-order valence-corrected chi connectivity index (χ1v) is 13.6.